The molecule has 3 aromatic rings. The fraction of sp³-hybridized carbons (Fsp3) is 0.381. The van der Waals surface area contributed by atoms with Crippen LogP contribution in [-0.4, -0.2) is 64.0 Å². The normalized spacial score (nSPS) is 14.4. The topological polar surface area (TPSA) is 99.2 Å². The molecule has 0 atom stereocenters. The van der Waals surface area contributed by atoms with Crippen molar-refractivity contribution in [3.8, 4) is 0 Å². The number of nitrogens with one attached hydrogen (secondary N) is 2. The molecule has 1 fully saturated rings. The molecule has 0 radical (unpaired) electrons. The molecule has 0 unspecified atom stereocenters. The molecular weight excluding hydrogens is 448 g/mol. The van der Waals surface area contributed by atoms with Crippen molar-refractivity contribution in [3.05, 3.63) is 45.7 Å². The zero-order chi connectivity index (χ0) is 22.7. The lowest BCUT2D eigenvalue weighted by molar-refractivity contribution is 0.103. The molecule has 1 aromatic carbocycles. The van der Waals surface area contributed by atoms with Crippen LogP contribution >= 0.6 is 22.9 Å². The van der Waals surface area contributed by atoms with Gasteiger partial charge in [-0.3, -0.25) is 10.1 Å². The number of amides is 1. The average Bonchev–Trinajstić information content (AvgIpc) is 3.25. The van der Waals surface area contributed by atoms with Crippen molar-refractivity contribution in [1.82, 2.24) is 24.8 Å². The van der Waals surface area contributed by atoms with Crippen molar-refractivity contribution in [1.29, 1.82) is 0 Å². The Morgan fingerprint density at radius 1 is 1.19 bits per heavy atom. The lowest BCUT2D eigenvalue weighted by atomic mass is 10.2. The fourth-order valence-corrected chi connectivity index (χ4v) is 4.24. The van der Waals surface area contributed by atoms with Crippen molar-refractivity contribution in [2.45, 2.75) is 20.3 Å². The number of likely N-dealkylation sites (N-methyl/N-ethyl adjacent to an activating group) is 1. The zero-order valence-corrected chi connectivity index (χ0v) is 19.8. The second kappa shape index (κ2) is 9.76. The van der Waals surface area contributed by atoms with Crippen LogP contribution in [0.4, 0.5) is 22.7 Å². The highest BCUT2D eigenvalue weighted by Crippen LogP contribution is 2.28. The number of thiazole rings is 1. The van der Waals surface area contributed by atoms with E-state index in [1.807, 2.05) is 26.0 Å². The van der Waals surface area contributed by atoms with Crippen LogP contribution in [0, 0.1) is 6.92 Å². The Hall–Kier alpha value is -2.82. The maximum atomic E-state index is 12.7. The number of hydrogen-bond acceptors (Lipinski definition) is 9. The number of rotatable bonds is 6. The molecule has 2 N–H and O–H groups in total. The lowest BCUT2D eigenvalue weighted by Crippen LogP contribution is -2.45. The molecule has 32 heavy (non-hydrogen) atoms. The Balaban J connectivity index is 1.49. The van der Waals surface area contributed by atoms with Crippen LogP contribution in [0.25, 0.3) is 0 Å². The van der Waals surface area contributed by atoms with E-state index in [0.29, 0.717) is 44.9 Å². The summed E-state index contributed by atoms with van der Waals surface area (Å²) < 4.78 is 0. The van der Waals surface area contributed by atoms with Gasteiger partial charge in [0.1, 0.15) is 10.7 Å². The summed E-state index contributed by atoms with van der Waals surface area (Å²) >= 11 is 7.44. The van der Waals surface area contributed by atoms with Crippen LogP contribution in [0.2, 0.25) is 5.02 Å². The number of piperazine rings is 1. The highest BCUT2D eigenvalue weighted by molar-refractivity contribution is 7.17. The molecule has 0 spiro atoms. The van der Waals surface area contributed by atoms with Crippen molar-refractivity contribution in [2.24, 2.45) is 0 Å². The van der Waals surface area contributed by atoms with Gasteiger partial charge in [-0.2, -0.15) is 15.0 Å². The Morgan fingerprint density at radius 2 is 1.97 bits per heavy atom. The Bertz CT molecular complexity index is 1090. The maximum absolute atomic E-state index is 12.7. The van der Waals surface area contributed by atoms with Gasteiger partial charge in [-0.05, 0) is 25.6 Å². The predicted octanol–water partition coefficient (Wildman–Crippen LogP) is 3.60. The fourth-order valence-electron chi connectivity index (χ4n) is 3.27. The highest BCUT2D eigenvalue weighted by Gasteiger charge is 2.19. The number of benzene rings is 1. The lowest BCUT2D eigenvalue weighted by Gasteiger charge is -2.32. The standard InChI is InChI=1S/C21H25ClN8OS/c1-4-16-24-19(27-20(25-16)30-10-8-29(3)9-11-30)28-21-23-12-15(32-21)18(31)26-17-13(2)6-5-7-14(17)22/h5-7,12H,4,8-11H2,1-3H3,(H,26,31)(H,23,24,25,27,28). The third-order valence-electron chi connectivity index (χ3n) is 5.18. The molecule has 4 rings (SSSR count). The minimum atomic E-state index is -0.269. The minimum absolute atomic E-state index is 0.269. The number of nitrogens with zero attached hydrogens (tertiary/aromatic N) is 6. The molecule has 3 heterocycles. The molecule has 0 bridgehead atoms. The number of carbonyl (C=O) groups excluding carboxylic acids is 1. The molecule has 11 heteroatoms. The molecule has 1 aliphatic heterocycles. The monoisotopic (exact) mass is 472 g/mol. The number of aryl methyl sites for hydroxylation is 2. The van der Waals surface area contributed by atoms with Crippen molar-refractivity contribution in [3.63, 3.8) is 0 Å². The first kappa shape index (κ1) is 22.4. The highest BCUT2D eigenvalue weighted by atomic mass is 35.5. The van der Waals surface area contributed by atoms with Crippen LogP contribution in [0.1, 0.15) is 28.0 Å². The van der Waals surface area contributed by atoms with E-state index < -0.39 is 0 Å². The molecule has 1 aliphatic rings. The quantitative estimate of drug-likeness (QED) is 0.561. The van der Waals surface area contributed by atoms with Crippen molar-refractivity contribution in [2.75, 3.05) is 48.8 Å². The number of aromatic nitrogens is 4. The number of anilines is 4. The van der Waals surface area contributed by atoms with Gasteiger partial charge < -0.3 is 15.1 Å². The van der Waals surface area contributed by atoms with Gasteiger partial charge in [0.15, 0.2) is 5.13 Å². The summed E-state index contributed by atoms with van der Waals surface area (Å²) in [4.78, 5) is 35.6. The number of halogens is 1. The van der Waals surface area contributed by atoms with Gasteiger partial charge in [0.05, 0.1) is 16.9 Å². The summed E-state index contributed by atoms with van der Waals surface area (Å²) in [5, 5.41) is 7.02. The van der Waals surface area contributed by atoms with E-state index in [0.717, 1.165) is 31.7 Å². The van der Waals surface area contributed by atoms with Gasteiger partial charge in [-0.15, -0.1) is 0 Å². The molecule has 0 aliphatic carbocycles. The SMILES string of the molecule is CCc1nc(Nc2ncc(C(=O)Nc3c(C)cccc3Cl)s2)nc(N2CCN(C)CC2)n1. The summed E-state index contributed by atoms with van der Waals surface area (Å²) in [6.07, 6.45) is 2.22. The predicted molar refractivity (Wildman–Crippen MR) is 128 cm³/mol. The van der Waals surface area contributed by atoms with Crippen molar-refractivity contribution >= 4 is 51.6 Å². The van der Waals surface area contributed by atoms with E-state index in [1.165, 1.54) is 17.5 Å². The zero-order valence-electron chi connectivity index (χ0n) is 18.2. The first-order valence-electron chi connectivity index (χ1n) is 10.4. The van der Waals surface area contributed by atoms with E-state index in [1.54, 1.807) is 6.07 Å². The van der Waals surface area contributed by atoms with E-state index >= 15 is 0 Å². The van der Waals surface area contributed by atoms with E-state index in [-0.39, 0.29) is 5.91 Å². The maximum Gasteiger partial charge on any atom is 0.267 e. The van der Waals surface area contributed by atoms with Crippen LogP contribution < -0.4 is 15.5 Å². The van der Waals surface area contributed by atoms with E-state index in [4.69, 9.17) is 11.6 Å². The van der Waals surface area contributed by atoms with Crippen LogP contribution in [0.15, 0.2) is 24.4 Å². The molecule has 168 valence electrons. The van der Waals surface area contributed by atoms with Crippen molar-refractivity contribution < 1.29 is 4.79 Å². The smallest absolute Gasteiger partial charge is 0.267 e. The van der Waals surface area contributed by atoms with E-state index in [9.17, 15) is 4.79 Å². The first-order chi connectivity index (χ1) is 15.4. The third-order valence-corrected chi connectivity index (χ3v) is 6.41. The van der Waals surface area contributed by atoms with Crippen LogP contribution in [-0.2, 0) is 6.42 Å². The van der Waals surface area contributed by atoms with Gasteiger partial charge in [-0.25, -0.2) is 4.98 Å². The largest absolute Gasteiger partial charge is 0.338 e. The third kappa shape index (κ3) is 5.14. The Morgan fingerprint density at radius 3 is 2.69 bits per heavy atom. The van der Waals surface area contributed by atoms with Gasteiger partial charge in [0.25, 0.3) is 5.91 Å². The summed E-state index contributed by atoms with van der Waals surface area (Å²) in [6.45, 7) is 7.57. The molecule has 0 saturated carbocycles. The van der Waals surface area contributed by atoms with Gasteiger partial charge in [0.2, 0.25) is 11.9 Å². The van der Waals surface area contributed by atoms with Crippen LogP contribution in [0.5, 0.6) is 0 Å². The summed E-state index contributed by atoms with van der Waals surface area (Å²) in [6, 6.07) is 5.48. The summed E-state index contributed by atoms with van der Waals surface area (Å²) in [5.41, 5.74) is 1.49. The average molecular weight is 473 g/mol. The Kier molecular flexibility index (Phi) is 6.83. The number of para-hydroxylation sites is 1. The molecule has 2 aromatic heterocycles. The first-order valence-corrected chi connectivity index (χ1v) is 11.6. The number of hydrogen-bond donors (Lipinski definition) is 2. The second-order valence-electron chi connectivity index (χ2n) is 7.56. The van der Waals surface area contributed by atoms with Gasteiger partial charge in [0, 0.05) is 32.6 Å². The summed E-state index contributed by atoms with van der Waals surface area (Å²) in [5.74, 6) is 1.53. The van der Waals surface area contributed by atoms with E-state index in [2.05, 4.69) is 47.4 Å². The van der Waals surface area contributed by atoms with Gasteiger partial charge >= 0.3 is 0 Å². The number of carbonyl (C=O) groups is 1. The molecule has 1 saturated heterocycles. The molecule has 9 nitrogen and oxygen atoms in total. The second-order valence-corrected chi connectivity index (χ2v) is 9.00. The molecular formula is C21H25ClN8OS. The Labute approximate surface area is 195 Å². The summed E-state index contributed by atoms with van der Waals surface area (Å²) in [7, 11) is 2.11. The molecule has 1 amide bonds. The minimum Gasteiger partial charge on any atom is -0.338 e. The van der Waals surface area contributed by atoms with Gasteiger partial charge in [-0.1, -0.05) is 42.0 Å². The van der Waals surface area contributed by atoms with Crippen LogP contribution in [0.3, 0.4) is 0 Å².